The third-order valence-electron chi connectivity index (χ3n) is 1.99. The van der Waals surface area contributed by atoms with Gasteiger partial charge < -0.3 is 19.9 Å². The summed E-state index contributed by atoms with van der Waals surface area (Å²) in [7, 11) is 1.33. The van der Waals surface area contributed by atoms with Gasteiger partial charge in [-0.15, -0.1) is 0 Å². The molecule has 1 rings (SSSR count). The summed E-state index contributed by atoms with van der Waals surface area (Å²) >= 11 is 0. The van der Waals surface area contributed by atoms with Crippen molar-refractivity contribution in [2.24, 2.45) is 0 Å². The number of aromatic nitrogens is 2. The van der Waals surface area contributed by atoms with Gasteiger partial charge in [-0.2, -0.15) is 4.98 Å². The zero-order chi connectivity index (χ0) is 13.5. The number of hydrogen-bond donors (Lipinski definition) is 2. The average Bonchev–Trinajstić information content (AvgIpc) is 2.29. The first kappa shape index (κ1) is 14.2. The third-order valence-corrected chi connectivity index (χ3v) is 1.99. The smallest absolute Gasteiger partial charge is 0.334 e. The van der Waals surface area contributed by atoms with Crippen LogP contribution >= 0.6 is 0 Å². The molecule has 0 saturated carbocycles. The number of rotatable bonds is 7. The molecule has 0 fully saturated rings. The van der Waals surface area contributed by atoms with Crippen molar-refractivity contribution in [1.29, 1.82) is 0 Å². The van der Waals surface area contributed by atoms with Crippen LogP contribution < -0.4 is 10.1 Å². The van der Waals surface area contributed by atoms with Crippen molar-refractivity contribution in [2.75, 3.05) is 19.0 Å². The van der Waals surface area contributed by atoms with E-state index in [1.807, 2.05) is 13.8 Å². The molecule has 2 N–H and O–H groups in total. The highest BCUT2D eigenvalue weighted by Gasteiger charge is 2.16. The van der Waals surface area contributed by atoms with Crippen LogP contribution in [0.3, 0.4) is 0 Å². The predicted molar refractivity (Wildman–Crippen MR) is 64.7 cm³/mol. The molecule has 100 valence electrons. The fourth-order valence-corrected chi connectivity index (χ4v) is 1.19. The van der Waals surface area contributed by atoms with Crippen molar-refractivity contribution in [2.45, 2.75) is 26.1 Å². The molecule has 1 aromatic rings. The zero-order valence-corrected chi connectivity index (χ0v) is 10.6. The molecule has 7 heteroatoms. The number of carboxylic acids is 1. The van der Waals surface area contributed by atoms with Gasteiger partial charge in [-0.25, -0.2) is 9.78 Å². The molecule has 0 saturated heterocycles. The molecular formula is C11H17N3O4. The molecule has 0 aliphatic heterocycles. The maximum absolute atomic E-state index is 10.7. The van der Waals surface area contributed by atoms with Crippen LogP contribution in [0.5, 0.6) is 5.88 Å². The molecule has 1 aromatic heterocycles. The summed E-state index contributed by atoms with van der Waals surface area (Å²) in [5.74, 6) is -0.303. The van der Waals surface area contributed by atoms with Crippen molar-refractivity contribution in [3.05, 3.63) is 12.3 Å². The maximum Gasteiger partial charge on any atom is 0.334 e. The molecule has 1 heterocycles. The van der Waals surface area contributed by atoms with Gasteiger partial charge in [-0.3, -0.25) is 0 Å². The summed E-state index contributed by atoms with van der Waals surface area (Å²) in [6, 6.07) is 1.64. The minimum absolute atomic E-state index is 0.0125. The van der Waals surface area contributed by atoms with E-state index in [-0.39, 0.29) is 12.6 Å². The Kier molecular flexibility index (Phi) is 5.31. The van der Waals surface area contributed by atoms with Crippen LogP contribution in [0.25, 0.3) is 0 Å². The standard InChI is InChI=1S/C11H17N3O4/c1-7(2)18-9-4-5-12-11(14-9)13-6-8(17-3)10(15)16/h4-5,7-8H,6H2,1-3H3,(H,15,16)(H,12,13,14). The van der Waals surface area contributed by atoms with Gasteiger partial charge in [0.25, 0.3) is 0 Å². The van der Waals surface area contributed by atoms with Gasteiger partial charge in [0.2, 0.25) is 11.8 Å². The SMILES string of the molecule is COC(CNc1nccc(OC(C)C)n1)C(=O)O. The highest BCUT2D eigenvalue weighted by Crippen LogP contribution is 2.10. The first-order chi connectivity index (χ1) is 8.52. The Morgan fingerprint density at radius 3 is 2.83 bits per heavy atom. The van der Waals surface area contributed by atoms with E-state index >= 15 is 0 Å². The minimum Gasteiger partial charge on any atom is -0.479 e. The van der Waals surface area contributed by atoms with Crippen LogP contribution in [-0.2, 0) is 9.53 Å². The van der Waals surface area contributed by atoms with Crippen molar-refractivity contribution >= 4 is 11.9 Å². The number of aliphatic carboxylic acids is 1. The molecule has 0 aliphatic rings. The maximum atomic E-state index is 10.7. The second kappa shape index (κ2) is 6.75. The molecule has 7 nitrogen and oxygen atoms in total. The van der Waals surface area contributed by atoms with E-state index in [9.17, 15) is 4.79 Å². The first-order valence-corrected chi connectivity index (χ1v) is 5.52. The van der Waals surface area contributed by atoms with Crippen LogP contribution in [0.1, 0.15) is 13.8 Å². The Bertz CT molecular complexity index is 398. The molecular weight excluding hydrogens is 238 g/mol. The van der Waals surface area contributed by atoms with Gasteiger partial charge in [-0.05, 0) is 13.8 Å². The van der Waals surface area contributed by atoms with Gasteiger partial charge in [0, 0.05) is 19.4 Å². The molecule has 0 radical (unpaired) electrons. The fourth-order valence-electron chi connectivity index (χ4n) is 1.19. The van der Waals surface area contributed by atoms with Gasteiger partial charge in [-0.1, -0.05) is 0 Å². The lowest BCUT2D eigenvalue weighted by Gasteiger charge is -2.12. The van der Waals surface area contributed by atoms with E-state index in [0.717, 1.165) is 0 Å². The van der Waals surface area contributed by atoms with E-state index in [1.165, 1.54) is 13.3 Å². The molecule has 1 atom stereocenters. The Morgan fingerprint density at radius 2 is 2.28 bits per heavy atom. The number of carboxylic acid groups (broad SMARTS) is 1. The van der Waals surface area contributed by atoms with Gasteiger partial charge >= 0.3 is 5.97 Å². The lowest BCUT2D eigenvalue weighted by Crippen LogP contribution is -2.30. The molecule has 0 aromatic carbocycles. The number of nitrogens with zero attached hydrogens (tertiary/aromatic N) is 2. The van der Waals surface area contributed by atoms with Crippen LogP contribution in [-0.4, -0.2) is 46.9 Å². The number of nitrogens with one attached hydrogen (secondary N) is 1. The number of anilines is 1. The molecule has 1 unspecified atom stereocenters. The molecule has 0 spiro atoms. The van der Waals surface area contributed by atoms with Crippen LogP contribution in [0.4, 0.5) is 5.95 Å². The molecule has 0 bridgehead atoms. The van der Waals surface area contributed by atoms with Crippen LogP contribution in [0, 0.1) is 0 Å². The summed E-state index contributed by atoms with van der Waals surface area (Å²) in [4.78, 5) is 18.8. The Morgan fingerprint density at radius 1 is 1.56 bits per heavy atom. The van der Waals surface area contributed by atoms with E-state index in [0.29, 0.717) is 11.8 Å². The number of hydrogen-bond acceptors (Lipinski definition) is 6. The number of carbonyl (C=O) groups is 1. The highest BCUT2D eigenvalue weighted by atomic mass is 16.5. The Hall–Kier alpha value is -1.89. The zero-order valence-electron chi connectivity index (χ0n) is 10.6. The van der Waals surface area contributed by atoms with Gasteiger partial charge in [0.15, 0.2) is 6.10 Å². The van der Waals surface area contributed by atoms with Crippen LogP contribution in [0.15, 0.2) is 12.3 Å². The third kappa shape index (κ3) is 4.54. The quantitative estimate of drug-likeness (QED) is 0.743. The lowest BCUT2D eigenvalue weighted by atomic mass is 10.3. The minimum atomic E-state index is -1.04. The Balaban J connectivity index is 2.59. The van der Waals surface area contributed by atoms with E-state index in [4.69, 9.17) is 14.6 Å². The van der Waals surface area contributed by atoms with E-state index < -0.39 is 12.1 Å². The van der Waals surface area contributed by atoms with Crippen molar-refractivity contribution < 1.29 is 19.4 Å². The number of methoxy groups -OCH3 is 1. The van der Waals surface area contributed by atoms with Crippen LogP contribution in [0.2, 0.25) is 0 Å². The van der Waals surface area contributed by atoms with Gasteiger partial charge in [0.05, 0.1) is 12.6 Å². The second-order valence-corrected chi connectivity index (χ2v) is 3.83. The molecule has 0 amide bonds. The topological polar surface area (TPSA) is 93.6 Å². The lowest BCUT2D eigenvalue weighted by molar-refractivity contribution is -0.147. The largest absolute Gasteiger partial charge is 0.479 e. The summed E-state index contributed by atoms with van der Waals surface area (Å²) in [6.45, 7) is 3.86. The average molecular weight is 255 g/mol. The van der Waals surface area contributed by atoms with Crippen molar-refractivity contribution in [3.8, 4) is 5.88 Å². The second-order valence-electron chi connectivity index (χ2n) is 3.83. The monoisotopic (exact) mass is 255 g/mol. The van der Waals surface area contributed by atoms with Crippen molar-refractivity contribution in [1.82, 2.24) is 9.97 Å². The summed E-state index contributed by atoms with van der Waals surface area (Å²) < 4.78 is 10.2. The normalized spacial score (nSPS) is 12.2. The fraction of sp³-hybridized carbons (Fsp3) is 0.545. The summed E-state index contributed by atoms with van der Waals surface area (Å²) in [6.07, 6.45) is 0.608. The van der Waals surface area contributed by atoms with Crippen molar-refractivity contribution in [3.63, 3.8) is 0 Å². The Labute approximate surface area is 105 Å². The summed E-state index contributed by atoms with van der Waals surface area (Å²) in [5.41, 5.74) is 0. The molecule has 0 aliphatic carbocycles. The number of ether oxygens (including phenoxy) is 2. The summed E-state index contributed by atoms with van der Waals surface area (Å²) in [5, 5.41) is 11.6. The van der Waals surface area contributed by atoms with Gasteiger partial charge in [0.1, 0.15) is 0 Å². The van der Waals surface area contributed by atoms with E-state index in [2.05, 4.69) is 15.3 Å². The van der Waals surface area contributed by atoms with E-state index in [1.54, 1.807) is 6.07 Å². The predicted octanol–water partition coefficient (Wildman–Crippen LogP) is 0.775. The molecule has 18 heavy (non-hydrogen) atoms. The highest BCUT2D eigenvalue weighted by molar-refractivity contribution is 5.73. The first-order valence-electron chi connectivity index (χ1n) is 5.52.